The van der Waals surface area contributed by atoms with Crippen molar-refractivity contribution in [3.63, 3.8) is 0 Å². The molecular formula is C14H19N3OS. The molecule has 4 nitrogen and oxygen atoms in total. The first-order valence-electron chi connectivity index (χ1n) is 6.51. The van der Waals surface area contributed by atoms with Crippen molar-refractivity contribution in [3.8, 4) is 5.88 Å². The summed E-state index contributed by atoms with van der Waals surface area (Å²) < 4.78 is 5.41. The maximum atomic E-state index is 5.41. The van der Waals surface area contributed by atoms with Crippen molar-refractivity contribution >= 4 is 17.3 Å². The van der Waals surface area contributed by atoms with Crippen LogP contribution in [0.2, 0.25) is 0 Å². The summed E-state index contributed by atoms with van der Waals surface area (Å²) in [4.78, 5) is 11.4. The van der Waals surface area contributed by atoms with Crippen molar-refractivity contribution < 1.29 is 4.74 Å². The van der Waals surface area contributed by atoms with E-state index < -0.39 is 0 Å². The molecule has 0 aliphatic rings. The molecule has 0 aliphatic heterocycles. The highest BCUT2D eigenvalue weighted by atomic mass is 32.1. The van der Waals surface area contributed by atoms with E-state index in [4.69, 9.17) is 4.74 Å². The number of rotatable bonds is 6. The van der Waals surface area contributed by atoms with Gasteiger partial charge in [0, 0.05) is 21.5 Å². The minimum atomic E-state index is 0.612. The topological polar surface area (TPSA) is 47.0 Å². The van der Waals surface area contributed by atoms with Gasteiger partial charge in [-0.3, -0.25) is 0 Å². The Kier molecular flexibility index (Phi) is 4.74. The predicted molar refractivity (Wildman–Crippen MR) is 79.0 cm³/mol. The number of thiophene rings is 1. The van der Waals surface area contributed by atoms with Crippen LogP contribution >= 0.6 is 11.3 Å². The minimum Gasteiger partial charge on any atom is -0.478 e. The number of aryl methyl sites for hydroxylation is 2. The highest BCUT2D eigenvalue weighted by Crippen LogP contribution is 2.18. The third kappa shape index (κ3) is 3.92. The van der Waals surface area contributed by atoms with Gasteiger partial charge in [-0.25, -0.2) is 4.98 Å². The van der Waals surface area contributed by atoms with E-state index in [1.54, 1.807) is 0 Å². The average molecular weight is 277 g/mol. The van der Waals surface area contributed by atoms with Crippen LogP contribution < -0.4 is 10.1 Å². The highest BCUT2D eigenvalue weighted by Gasteiger charge is 2.04. The Morgan fingerprint density at radius 1 is 1.21 bits per heavy atom. The third-order valence-corrected chi connectivity index (χ3v) is 3.84. The standard InChI is InChI=1S/C14H19N3OS/c1-4-11-6-7-12(19-11)9-15-14-16-10(3)8-13(17-14)18-5-2/h6-8H,4-5,9H2,1-3H3,(H,15,16,17). The molecule has 2 aromatic rings. The fourth-order valence-electron chi connectivity index (χ4n) is 1.71. The second-order valence-corrected chi connectivity index (χ2v) is 5.43. The van der Waals surface area contributed by atoms with Crippen LogP contribution in [0.15, 0.2) is 18.2 Å². The molecule has 0 bridgehead atoms. The van der Waals surface area contributed by atoms with E-state index in [2.05, 4.69) is 34.3 Å². The summed E-state index contributed by atoms with van der Waals surface area (Å²) in [5, 5.41) is 3.25. The van der Waals surface area contributed by atoms with Crippen LogP contribution in [0.3, 0.4) is 0 Å². The molecule has 2 rings (SSSR count). The van der Waals surface area contributed by atoms with Crippen molar-refractivity contribution in [2.24, 2.45) is 0 Å². The first-order chi connectivity index (χ1) is 9.21. The number of nitrogens with one attached hydrogen (secondary N) is 1. The average Bonchev–Trinajstić information content (AvgIpc) is 2.84. The first-order valence-corrected chi connectivity index (χ1v) is 7.32. The molecule has 0 atom stereocenters. The number of anilines is 1. The molecule has 0 spiro atoms. The zero-order valence-electron chi connectivity index (χ0n) is 11.6. The lowest BCUT2D eigenvalue weighted by Gasteiger charge is -2.07. The molecule has 19 heavy (non-hydrogen) atoms. The van der Waals surface area contributed by atoms with Gasteiger partial charge in [-0.15, -0.1) is 11.3 Å². The molecule has 0 unspecified atom stereocenters. The van der Waals surface area contributed by atoms with Gasteiger partial charge in [0.05, 0.1) is 13.2 Å². The fourth-order valence-corrected chi connectivity index (χ4v) is 2.61. The Morgan fingerprint density at radius 2 is 2.00 bits per heavy atom. The van der Waals surface area contributed by atoms with Crippen LogP contribution in [-0.2, 0) is 13.0 Å². The molecule has 2 aromatic heterocycles. The lowest BCUT2D eigenvalue weighted by atomic mass is 10.3. The fraction of sp³-hybridized carbons (Fsp3) is 0.429. The molecule has 0 aliphatic carbocycles. The van der Waals surface area contributed by atoms with Crippen LogP contribution in [-0.4, -0.2) is 16.6 Å². The highest BCUT2D eigenvalue weighted by molar-refractivity contribution is 7.12. The number of hydrogen-bond donors (Lipinski definition) is 1. The minimum absolute atomic E-state index is 0.612. The molecule has 2 heterocycles. The Hall–Kier alpha value is -1.62. The SMILES string of the molecule is CCOc1cc(C)nc(NCc2ccc(CC)s2)n1. The molecule has 0 saturated heterocycles. The van der Waals surface area contributed by atoms with Crippen LogP contribution in [0.25, 0.3) is 0 Å². The number of ether oxygens (including phenoxy) is 1. The zero-order chi connectivity index (χ0) is 13.7. The van der Waals surface area contributed by atoms with Gasteiger partial charge in [-0.2, -0.15) is 4.98 Å². The molecular weight excluding hydrogens is 258 g/mol. The summed E-state index contributed by atoms with van der Waals surface area (Å²) in [5.41, 5.74) is 0.904. The Balaban J connectivity index is 2.02. The lowest BCUT2D eigenvalue weighted by molar-refractivity contribution is 0.326. The quantitative estimate of drug-likeness (QED) is 0.879. The molecule has 0 saturated carbocycles. The Bertz CT molecular complexity index is 539. The third-order valence-electron chi connectivity index (χ3n) is 2.61. The van der Waals surface area contributed by atoms with Gasteiger partial charge in [0.2, 0.25) is 11.8 Å². The lowest BCUT2D eigenvalue weighted by Crippen LogP contribution is -2.05. The predicted octanol–water partition coefficient (Wildman–Crippen LogP) is 3.42. The molecule has 0 fully saturated rings. The molecule has 102 valence electrons. The van der Waals surface area contributed by atoms with Crippen LogP contribution in [0, 0.1) is 6.92 Å². The summed E-state index contributed by atoms with van der Waals surface area (Å²) >= 11 is 1.82. The summed E-state index contributed by atoms with van der Waals surface area (Å²) in [6, 6.07) is 6.16. The second-order valence-electron chi connectivity index (χ2n) is 4.18. The Labute approximate surface area is 117 Å². The van der Waals surface area contributed by atoms with Gasteiger partial charge in [-0.1, -0.05) is 6.92 Å². The van der Waals surface area contributed by atoms with E-state index in [0.717, 1.165) is 18.7 Å². The maximum absolute atomic E-state index is 5.41. The summed E-state index contributed by atoms with van der Waals surface area (Å²) in [5.74, 6) is 1.24. The monoisotopic (exact) mass is 277 g/mol. The number of aromatic nitrogens is 2. The molecule has 0 radical (unpaired) electrons. The van der Waals surface area contributed by atoms with Crippen LogP contribution in [0.5, 0.6) is 5.88 Å². The van der Waals surface area contributed by atoms with Crippen molar-refractivity contribution in [1.29, 1.82) is 0 Å². The Morgan fingerprint density at radius 3 is 2.68 bits per heavy atom. The van der Waals surface area contributed by atoms with Crippen LogP contribution in [0.1, 0.15) is 29.3 Å². The van der Waals surface area contributed by atoms with E-state index in [-0.39, 0.29) is 0 Å². The maximum Gasteiger partial charge on any atom is 0.226 e. The van der Waals surface area contributed by atoms with Crippen molar-refractivity contribution in [2.45, 2.75) is 33.7 Å². The van der Waals surface area contributed by atoms with E-state index in [1.807, 2.05) is 31.3 Å². The van der Waals surface area contributed by atoms with Gasteiger partial charge in [0.25, 0.3) is 0 Å². The number of nitrogens with zero attached hydrogens (tertiary/aromatic N) is 2. The summed E-state index contributed by atoms with van der Waals surface area (Å²) in [6.07, 6.45) is 1.08. The largest absolute Gasteiger partial charge is 0.478 e. The van der Waals surface area contributed by atoms with Crippen molar-refractivity contribution in [1.82, 2.24) is 9.97 Å². The number of hydrogen-bond acceptors (Lipinski definition) is 5. The van der Waals surface area contributed by atoms with Gasteiger partial charge in [0.1, 0.15) is 0 Å². The van der Waals surface area contributed by atoms with Crippen molar-refractivity contribution in [2.75, 3.05) is 11.9 Å². The van der Waals surface area contributed by atoms with Gasteiger partial charge >= 0.3 is 0 Å². The molecule has 1 N–H and O–H groups in total. The normalized spacial score (nSPS) is 10.5. The van der Waals surface area contributed by atoms with Gasteiger partial charge in [-0.05, 0) is 32.4 Å². The van der Waals surface area contributed by atoms with Gasteiger partial charge < -0.3 is 10.1 Å². The van der Waals surface area contributed by atoms with E-state index >= 15 is 0 Å². The summed E-state index contributed by atoms with van der Waals surface area (Å²) in [6.45, 7) is 7.42. The molecule has 0 amide bonds. The first kappa shape index (κ1) is 13.8. The van der Waals surface area contributed by atoms with E-state index in [9.17, 15) is 0 Å². The molecule has 0 aromatic carbocycles. The van der Waals surface area contributed by atoms with E-state index in [1.165, 1.54) is 9.75 Å². The molecule has 5 heteroatoms. The van der Waals surface area contributed by atoms with Gasteiger partial charge in [0.15, 0.2) is 0 Å². The van der Waals surface area contributed by atoms with Crippen molar-refractivity contribution in [3.05, 3.63) is 33.6 Å². The summed E-state index contributed by atoms with van der Waals surface area (Å²) in [7, 11) is 0. The van der Waals surface area contributed by atoms with Crippen LogP contribution in [0.4, 0.5) is 5.95 Å². The van der Waals surface area contributed by atoms with E-state index in [0.29, 0.717) is 18.4 Å². The zero-order valence-corrected chi connectivity index (χ0v) is 12.4. The smallest absolute Gasteiger partial charge is 0.226 e. The second kappa shape index (κ2) is 6.52.